The summed E-state index contributed by atoms with van der Waals surface area (Å²) in [6.07, 6.45) is 2.94. The molecule has 1 aliphatic carbocycles. The Labute approximate surface area is 209 Å². The Kier molecular flexibility index (Phi) is 7.95. The number of ether oxygens (including phenoxy) is 1. The number of amides is 2. The third-order valence-corrected chi connectivity index (χ3v) is 6.44. The molecule has 8 heteroatoms. The summed E-state index contributed by atoms with van der Waals surface area (Å²) in [5, 5.41) is 2.87. The number of nitrogens with two attached hydrogens (primary N) is 1. The van der Waals surface area contributed by atoms with Crippen LogP contribution in [0.15, 0.2) is 66.7 Å². The Hall–Kier alpha value is -3.78. The van der Waals surface area contributed by atoms with Crippen LogP contribution in [0, 0.1) is 11.6 Å². The fourth-order valence-electron chi connectivity index (χ4n) is 4.60. The van der Waals surface area contributed by atoms with Gasteiger partial charge in [-0.05, 0) is 67.6 Å². The van der Waals surface area contributed by atoms with E-state index in [2.05, 4.69) is 5.32 Å². The van der Waals surface area contributed by atoms with E-state index in [0.717, 1.165) is 36.6 Å². The Morgan fingerprint density at radius 3 is 2.36 bits per heavy atom. The number of para-hydroxylation sites is 1. The van der Waals surface area contributed by atoms with E-state index in [4.69, 9.17) is 10.5 Å². The average Bonchev–Trinajstić information content (AvgIpc) is 2.87. The van der Waals surface area contributed by atoms with Crippen molar-refractivity contribution in [3.05, 3.63) is 95.1 Å². The van der Waals surface area contributed by atoms with Crippen LogP contribution >= 0.6 is 0 Å². The lowest BCUT2D eigenvalue weighted by Gasteiger charge is -2.36. The molecular formula is C28H29F2N3O3. The van der Waals surface area contributed by atoms with E-state index in [1.165, 1.54) is 7.11 Å². The van der Waals surface area contributed by atoms with Crippen LogP contribution in [-0.2, 0) is 6.54 Å². The van der Waals surface area contributed by atoms with E-state index in [1.54, 1.807) is 47.4 Å². The molecule has 0 aliphatic heterocycles. The number of methoxy groups -OCH3 is 1. The molecule has 3 N–H and O–H groups in total. The molecule has 3 aromatic rings. The van der Waals surface area contributed by atoms with Gasteiger partial charge in [0.05, 0.1) is 12.7 Å². The molecule has 0 aromatic heterocycles. The molecule has 1 fully saturated rings. The zero-order valence-electron chi connectivity index (χ0n) is 20.0. The second-order valence-electron chi connectivity index (χ2n) is 9.01. The van der Waals surface area contributed by atoms with Crippen LogP contribution in [0.3, 0.4) is 0 Å². The van der Waals surface area contributed by atoms with Crippen LogP contribution in [0.1, 0.15) is 52.0 Å². The number of anilines is 1. The monoisotopic (exact) mass is 493 g/mol. The zero-order chi connectivity index (χ0) is 25.7. The molecule has 0 heterocycles. The first kappa shape index (κ1) is 25.3. The summed E-state index contributed by atoms with van der Waals surface area (Å²) in [5.74, 6) is -1.91. The number of nitrogens with one attached hydrogen (secondary N) is 1. The number of carbonyl (C=O) groups excluding carboxylic acids is 2. The molecule has 6 nitrogen and oxygen atoms in total. The molecule has 0 saturated heterocycles. The minimum Gasteiger partial charge on any atom is -0.496 e. The van der Waals surface area contributed by atoms with Crippen LogP contribution in [0.4, 0.5) is 14.5 Å². The van der Waals surface area contributed by atoms with Crippen molar-refractivity contribution in [3.63, 3.8) is 0 Å². The van der Waals surface area contributed by atoms with Crippen molar-refractivity contribution >= 4 is 17.5 Å². The lowest BCUT2D eigenvalue weighted by Crippen LogP contribution is -2.44. The summed E-state index contributed by atoms with van der Waals surface area (Å²) >= 11 is 0. The molecule has 4 rings (SSSR count). The van der Waals surface area contributed by atoms with Gasteiger partial charge in [0.2, 0.25) is 0 Å². The third-order valence-electron chi connectivity index (χ3n) is 6.44. The summed E-state index contributed by atoms with van der Waals surface area (Å²) < 4.78 is 33.0. The fraction of sp³-hybridized carbons (Fsp3) is 0.286. The highest BCUT2D eigenvalue weighted by Gasteiger charge is 2.29. The highest BCUT2D eigenvalue weighted by molar-refractivity contribution is 6.06. The van der Waals surface area contributed by atoms with Crippen LogP contribution in [-0.4, -0.2) is 35.9 Å². The van der Waals surface area contributed by atoms with Gasteiger partial charge in [-0.15, -0.1) is 0 Å². The summed E-state index contributed by atoms with van der Waals surface area (Å²) in [7, 11) is 1.50. The molecule has 36 heavy (non-hydrogen) atoms. The van der Waals surface area contributed by atoms with E-state index < -0.39 is 17.5 Å². The fourth-order valence-corrected chi connectivity index (χ4v) is 4.60. The summed E-state index contributed by atoms with van der Waals surface area (Å²) in [6.45, 7) is 0.217. The van der Waals surface area contributed by atoms with Crippen molar-refractivity contribution in [3.8, 4) is 5.75 Å². The van der Waals surface area contributed by atoms with Gasteiger partial charge in [-0.3, -0.25) is 9.59 Å². The van der Waals surface area contributed by atoms with Crippen LogP contribution in [0.25, 0.3) is 0 Å². The molecular weight excluding hydrogens is 464 g/mol. The van der Waals surface area contributed by atoms with E-state index in [9.17, 15) is 18.4 Å². The van der Waals surface area contributed by atoms with E-state index in [1.807, 2.05) is 6.07 Å². The summed E-state index contributed by atoms with van der Waals surface area (Å²) in [5.41, 5.74) is 7.74. The number of carbonyl (C=O) groups is 2. The number of rotatable bonds is 7. The number of halogens is 2. The van der Waals surface area contributed by atoms with Gasteiger partial charge >= 0.3 is 0 Å². The zero-order valence-corrected chi connectivity index (χ0v) is 20.0. The van der Waals surface area contributed by atoms with Gasteiger partial charge in [0.15, 0.2) is 0 Å². The first-order chi connectivity index (χ1) is 17.3. The number of benzene rings is 3. The standard InChI is InChI=1S/C28H29F2N3O3/c1-36-26-8-3-2-7-25(26)27(34)32-23-6-4-5-18(13-23)17-33(24-11-9-22(31)10-12-24)28(35)19-14-20(29)16-21(30)15-19/h2-8,13-16,22,24H,9-12,17,31H2,1H3,(H,32,34). The van der Waals surface area contributed by atoms with Crippen molar-refractivity contribution in [1.29, 1.82) is 0 Å². The van der Waals surface area contributed by atoms with E-state index in [0.29, 0.717) is 29.8 Å². The van der Waals surface area contributed by atoms with Crippen molar-refractivity contribution in [2.75, 3.05) is 12.4 Å². The molecule has 1 aliphatic rings. The van der Waals surface area contributed by atoms with Crippen molar-refractivity contribution < 1.29 is 23.1 Å². The van der Waals surface area contributed by atoms with E-state index >= 15 is 0 Å². The van der Waals surface area contributed by atoms with Crippen molar-refractivity contribution in [2.45, 2.75) is 44.3 Å². The minimum atomic E-state index is -0.801. The third kappa shape index (κ3) is 6.07. The second-order valence-corrected chi connectivity index (χ2v) is 9.01. The topological polar surface area (TPSA) is 84.7 Å². The van der Waals surface area contributed by atoms with Gasteiger partial charge in [-0.2, -0.15) is 0 Å². The van der Waals surface area contributed by atoms with Gasteiger partial charge in [0.25, 0.3) is 11.8 Å². The first-order valence-corrected chi connectivity index (χ1v) is 11.9. The van der Waals surface area contributed by atoms with Crippen molar-refractivity contribution in [1.82, 2.24) is 4.90 Å². The van der Waals surface area contributed by atoms with Gasteiger partial charge in [-0.1, -0.05) is 24.3 Å². The lowest BCUT2D eigenvalue weighted by molar-refractivity contribution is 0.0605. The maximum absolute atomic E-state index is 13.9. The summed E-state index contributed by atoms with van der Waals surface area (Å²) in [6, 6.07) is 16.9. The molecule has 3 aromatic carbocycles. The SMILES string of the molecule is COc1ccccc1C(=O)Nc1cccc(CN(C(=O)c2cc(F)cc(F)c2)C2CCC(N)CC2)c1. The maximum Gasteiger partial charge on any atom is 0.259 e. The normalized spacial score (nSPS) is 17.3. The molecule has 188 valence electrons. The highest BCUT2D eigenvalue weighted by atomic mass is 19.1. The quantitative estimate of drug-likeness (QED) is 0.478. The maximum atomic E-state index is 13.9. The average molecular weight is 494 g/mol. The Bertz CT molecular complexity index is 1220. The first-order valence-electron chi connectivity index (χ1n) is 11.9. The lowest BCUT2D eigenvalue weighted by atomic mass is 9.90. The Morgan fingerprint density at radius 2 is 1.67 bits per heavy atom. The predicted molar refractivity (Wildman–Crippen MR) is 134 cm³/mol. The molecule has 2 amide bonds. The minimum absolute atomic E-state index is 0.0389. The second kappa shape index (κ2) is 11.3. The number of nitrogens with zero attached hydrogens (tertiary/aromatic N) is 1. The van der Waals surface area contributed by atoms with Gasteiger partial charge < -0.3 is 20.7 Å². The Balaban J connectivity index is 1.57. The van der Waals surface area contributed by atoms with Gasteiger partial charge in [0, 0.05) is 35.9 Å². The Morgan fingerprint density at radius 1 is 0.972 bits per heavy atom. The van der Waals surface area contributed by atoms with E-state index in [-0.39, 0.29) is 30.1 Å². The predicted octanol–water partition coefficient (Wildman–Crippen LogP) is 5.14. The number of hydrogen-bond donors (Lipinski definition) is 2. The molecule has 0 spiro atoms. The van der Waals surface area contributed by atoms with Crippen LogP contribution < -0.4 is 15.8 Å². The molecule has 0 bridgehead atoms. The summed E-state index contributed by atoms with van der Waals surface area (Å²) in [4.78, 5) is 27.9. The number of hydrogen-bond acceptors (Lipinski definition) is 4. The molecule has 0 atom stereocenters. The van der Waals surface area contributed by atoms with Crippen LogP contribution in [0.2, 0.25) is 0 Å². The highest BCUT2D eigenvalue weighted by Crippen LogP contribution is 2.27. The molecule has 1 saturated carbocycles. The van der Waals surface area contributed by atoms with Gasteiger partial charge in [-0.25, -0.2) is 8.78 Å². The molecule has 0 radical (unpaired) electrons. The smallest absolute Gasteiger partial charge is 0.259 e. The van der Waals surface area contributed by atoms with Crippen LogP contribution in [0.5, 0.6) is 5.75 Å². The largest absolute Gasteiger partial charge is 0.496 e. The van der Waals surface area contributed by atoms with Gasteiger partial charge in [0.1, 0.15) is 17.4 Å². The van der Waals surface area contributed by atoms with Crippen molar-refractivity contribution in [2.24, 2.45) is 5.73 Å². The molecule has 0 unspecified atom stereocenters.